The Labute approximate surface area is 152 Å². The van der Waals surface area contributed by atoms with Gasteiger partial charge in [0.15, 0.2) is 6.10 Å². The number of hydrogen-bond acceptors (Lipinski definition) is 4. The molecule has 2 N–H and O–H groups in total. The van der Waals surface area contributed by atoms with Crippen LogP contribution >= 0.6 is 0 Å². The largest absolute Gasteiger partial charge is 0.481 e. The van der Waals surface area contributed by atoms with Gasteiger partial charge in [0.05, 0.1) is 0 Å². The molecular weight excluding hydrogens is 334 g/mol. The number of ether oxygens (including phenoxy) is 2. The molecule has 0 saturated heterocycles. The van der Waals surface area contributed by atoms with Gasteiger partial charge in [-0.25, -0.2) is 4.79 Å². The number of aliphatic carboxylic acids is 1. The van der Waals surface area contributed by atoms with E-state index in [-0.39, 0.29) is 13.0 Å². The quantitative estimate of drug-likeness (QED) is 0.721. The number of amides is 1. The third-order valence-corrected chi connectivity index (χ3v) is 3.87. The minimum absolute atomic E-state index is 0.191. The zero-order valence-electron chi connectivity index (χ0n) is 14.8. The minimum atomic E-state index is -1.10. The van der Waals surface area contributed by atoms with Crippen molar-refractivity contribution < 1.29 is 24.2 Å². The molecule has 0 bridgehead atoms. The normalized spacial score (nSPS) is 12.8. The molecule has 26 heavy (non-hydrogen) atoms. The summed E-state index contributed by atoms with van der Waals surface area (Å²) < 4.78 is 10.5. The zero-order valence-corrected chi connectivity index (χ0v) is 14.8. The summed E-state index contributed by atoms with van der Waals surface area (Å²) in [5.41, 5.74) is 2.13. The second-order valence-corrected chi connectivity index (χ2v) is 5.83. The maximum Gasteiger partial charge on any atom is 0.326 e. The predicted molar refractivity (Wildman–Crippen MR) is 98.0 cm³/mol. The molecule has 138 valence electrons. The van der Waals surface area contributed by atoms with E-state index in [1.807, 2.05) is 42.5 Å². The lowest BCUT2D eigenvalue weighted by atomic mass is 10.1. The highest BCUT2D eigenvalue weighted by molar-refractivity contribution is 5.86. The Kier molecular flexibility index (Phi) is 7.17. The van der Waals surface area contributed by atoms with Crippen LogP contribution in [0.3, 0.4) is 0 Å². The van der Waals surface area contributed by atoms with Crippen LogP contribution in [0.4, 0.5) is 0 Å². The van der Waals surface area contributed by atoms with Gasteiger partial charge < -0.3 is 19.9 Å². The number of nitrogens with one attached hydrogen (secondary N) is 1. The summed E-state index contributed by atoms with van der Waals surface area (Å²) in [4.78, 5) is 23.4. The smallest absolute Gasteiger partial charge is 0.326 e. The second kappa shape index (κ2) is 9.58. The van der Waals surface area contributed by atoms with E-state index < -0.39 is 24.0 Å². The average molecular weight is 357 g/mol. The van der Waals surface area contributed by atoms with Gasteiger partial charge in [0, 0.05) is 20.1 Å². The highest BCUT2D eigenvalue weighted by Crippen LogP contribution is 2.22. The predicted octanol–water partition coefficient (Wildman–Crippen LogP) is 2.73. The number of carboxylic acids is 1. The standard InChI is InChI=1S/C20H23NO5/c1-14(19(22)21-18(20(23)24)12-13-25-2)26-17-10-8-16(9-11-17)15-6-4-3-5-7-15/h3-11,14,18H,12-13H2,1-2H3,(H,21,22)(H,23,24). The number of benzene rings is 2. The van der Waals surface area contributed by atoms with E-state index >= 15 is 0 Å². The second-order valence-electron chi connectivity index (χ2n) is 5.83. The number of hydrogen-bond donors (Lipinski definition) is 2. The van der Waals surface area contributed by atoms with Gasteiger partial charge in [-0.3, -0.25) is 4.79 Å². The van der Waals surface area contributed by atoms with Gasteiger partial charge in [0.2, 0.25) is 0 Å². The van der Waals surface area contributed by atoms with Crippen molar-refractivity contribution in [1.29, 1.82) is 0 Å². The fourth-order valence-electron chi connectivity index (χ4n) is 2.40. The Bertz CT molecular complexity index is 715. The number of carboxylic acid groups (broad SMARTS) is 1. The van der Waals surface area contributed by atoms with Crippen LogP contribution in [0.15, 0.2) is 54.6 Å². The molecule has 6 heteroatoms. The van der Waals surface area contributed by atoms with Gasteiger partial charge in [-0.1, -0.05) is 42.5 Å². The summed E-state index contributed by atoms with van der Waals surface area (Å²) in [6, 6.07) is 16.3. The summed E-state index contributed by atoms with van der Waals surface area (Å²) in [5, 5.41) is 11.6. The van der Waals surface area contributed by atoms with Gasteiger partial charge in [0.25, 0.3) is 5.91 Å². The van der Waals surface area contributed by atoms with Crippen molar-refractivity contribution in [3.05, 3.63) is 54.6 Å². The van der Waals surface area contributed by atoms with Crippen LogP contribution in [0.25, 0.3) is 11.1 Å². The zero-order chi connectivity index (χ0) is 18.9. The monoisotopic (exact) mass is 357 g/mol. The number of rotatable bonds is 9. The highest BCUT2D eigenvalue weighted by Gasteiger charge is 2.23. The molecule has 0 aliphatic rings. The van der Waals surface area contributed by atoms with Crippen molar-refractivity contribution >= 4 is 11.9 Å². The minimum Gasteiger partial charge on any atom is -0.481 e. The fraction of sp³-hybridized carbons (Fsp3) is 0.300. The Balaban J connectivity index is 1.94. The van der Waals surface area contributed by atoms with Crippen LogP contribution < -0.4 is 10.1 Å². The Morgan fingerprint density at radius 3 is 2.23 bits per heavy atom. The molecule has 0 aliphatic heterocycles. The third kappa shape index (κ3) is 5.60. The van der Waals surface area contributed by atoms with Crippen molar-refractivity contribution in [1.82, 2.24) is 5.32 Å². The van der Waals surface area contributed by atoms with E-state index in [9.17, 15) is 9.59 Å². The summed E-state index contributed by atoms with van der Waals surface area (Å²) in [6.45, 7) is 1.82. The van der Waals surface area contributed by atoms with E-state index in [1.165, 1.54) is 7.11 Å². The highest BCUT2D eigenvalue weighted by atomic mass is 16.5. The molecule has 2 rings (SSSR count). The Morgan fingerprint density at radius 1 is 1.04 bits per heavy atom. The molecule has 0 aliphatic carbocycles. The van der Waals surface area contributed by atoms with Gasteiger partial charge in [0.1, 0.15) is 11.8 Å². The van der Waals surface area contributed by atoms with Crippen LogP contribution in [0.2, 0.25) is 0 Å². The molecule has 0 saturated carbocycles. The van der Waals surface area contributed by atoms with Gasteiger partial charge >= 0.3 is 5.97 Å². The van der Waals surface area contributed by atoms with Crippen molar-refractivity contribution in [3.8, 4) is 16.9 Å². The van der Waals surface area contributed by atoms with Crippen LogP contribution in [0, 0.1) is 0 Å². The van der Waals surface area contributed by atoms with Crippen LogP contribution in [0.1, 0.15) is 13.3 Å². The van der Waals surface area contributed by atoms with Crippen molar-refractivity contribution in [2.75, 3.05) is 13.7 Å². The summed E-state index contributed by atoms with van der Waals surface area (Å²) >= 11 is 0. The summed E-state index contributed by atoms with van der Waals surface area (Å²) in [5.74, 6) is -1.05. The van der Waals surface area contributed by atoms with Gasteiger partial charge in [-0.2, -0.15) is 0 Å². The number of carbonyl (C=O) groups excluding carboxylic acids is 1. The average Bonchev–Trinajstić information content (AvgIpc) is 2.66. The summed E-state index contributed by atoms with van der Waals surface area (Å²) in [6.07, 6.45) is -0.627. The first kappa shape index (κ1) is 19.5. The first-order valence-corrected chi connectivity index (χ1v) is 8.35. The van der Waals surface area contributed by atoms with Crippen LogP contribution in [0.5, 0.6) is 5.75 Å². The molecule has 1 amide bonds. The van der Waals surface area contributed by atoms with Gasteiger partial charge in [-0.15, -0.1) is 0 Å². The van der Waals surface area contributed by atoms with Gasteiger partial charge in [-0.05, 0) is 30.2 Å². The van der Waals surface area contributed by atoms with E-state index in [2.05, 4.69) is 5.32 Å². The molecule has 0 fully saturated rings. The van der Waals surface area contributed by atoms with Crippen molar-refractivity contribution in [2.45, 2.75) is 25.5 Å². The Hall–Kier alpha value is -2.86. The lowest BCUT2D eigenvalue weighted by Crippen LogP contribution is -2.46. The molecule has 0 aromatic heterocycles. The van der Waals surface area contributed by atoms with E-state index in [0.717, 1.165) is 11.1 Å². The topological polar surface area (TPSA) is 84.9 Å². The lowest BCUT2D eigenvalue weighted by Gasteiger charge is -2.19. The molecule has 0 heterocycles. The van der Waals surface area contributed by atoms with Crippen molar-refractivity contribution in [3.63, 3.8) is 0 Å². The lowest BCUT2D eigenvalue weighted by molar-refractivity contribution is -0.143. The number of carbonyl (C=O) groups is 2. The molecular formula is C20H23NO5. The maximum atomic E-state index is 12.2. The van der Waals surface area contributed by atoms with E-state index in [0.29, 0.717) is 5.75 Å². The SMILES string of the molecule is COCCC(NC(=O)C(C)Oc1ccc(-c2ccccc2)cc1)C(=O)O. The fourth-order valence-corrected chi connectivity index (χ4v) is 2.40. The molecule has 2 atom stereocenters. The molecule has 0 radical (unpaired) electrons. The summed E-state index contributed by atoms with van der Waals surface area (Å²) in [7, 11) is 1.48. The Morgan fingerprint density at radius 2 is 1.65 bits per heavy atom. The van der Waals surface area contributed by atoms with Crippen LogP contribution in [-0.2, 0) is 14.3 Å². The molecule has 6 nitrogen and oxygen atoms in total. The maximum absolute atomic E-state index is 12.2. The third-order valence-electron chi connectivity index (χ3n) is 3.87. The molecule has 2 aromatic rings. The first-order chi connectivity index (χ1) is 12.5. The van der Waals surface area contributed by atoms with Crippen LogP contribution in [-0.4, -0.2) is 42.8 Å². The molecule has 0 spiro atoms. The van der Waals surface area contributed by atoms with E-state index in [4.69, 9.17) is 14.6 Å². The van der Waals surface area contributed by atoms with Crippen molar-refractivity contribution in [2.24, 2.45) is 0 Å². The van der Waals surface area contributed by atoms with E-state index in [1.54, 1.807) is 19.1 Å². The number of methoxy groups -OCH3 is 1. The molecule has 2 unspecified atom stereocenters. The molecule has 2 aromatic carbocycles. The first-order valence-electron chi connectivity index (χ1n) is 8.35.